The summed E-state index contributed by atoms with van der Waals surface area (Å²) in [6.07, 6.45) is 4.91. The van der Waals surface area contributed by atoms with Crippen LogP contribution < -0.4 is 0 Å². The fraction of sp³-hybridized carbons (Fsp3) is 0.444. The maximum atomic E-state index is 11.7. The number of fused-ring (bicyclic) bond motifs is 2. The van der Waals surface area contributed by atoms with E-state index < -0.39 is 0 Å². The molecule has 0 saturated carbocycles. The number of aliphatic hydroxyl groups is 1. The van der Waals surface area contributed by atoms with E-state index in [9.17, 15) is 9.90 Å². The van der Waals surface area contributed by atoms with Crippen molar-refractivity contribution in [1.29, 1.82) is 0 Å². The van der Waals surface area contributed by atoms with Crippen molar-refractivity contribution in [3.05, 3.63) is 77.3 Å². The van der Waals surface area contributed by atoms with Gasteiger partial charge < -0.3 is 9.52 Å². The van der Waals surface area contributed by atoms with E-state index in [4.69, 9.17) is 9.40 Å². The first-order valence-electron chi connectivity index (χ1n) is 14.7. The molecule has 0 fully saturated rings. The summed E-state index contributed by atoms with van der Waals surface area (Å²) in [5, 5.41) is 13.2. The number of carbonyl (C=O) groups is 1. The van der Waals surface area contributed by atoms with Gasteiger partial charge in [-0.25, -0.2) is 0 Å². The predicted octanol–water partition coefficient (Wildman–Crippen LogP) is 10.2. The molecule has 0 amide bonds. The molecule has 0 aliphatic rings. The number of hydrogen-bond acceptors (Lipinski definition) is 4. The summed E-state index contributed by atoms with van der Waals surface area (Å²) < 4.78 is 5.82. The number of aryl methyl sites for hydroxylation is 2. The van der Waals surface area contributed by atoms with Gasteiger partial charge in [0.15, 0.2) is 5.78 Å². The first-order chi connectivity index (χ1) is 18.9. The van der Waals surface area contributed by atoms with Crippen molar-refractivity contribution < 1.29 is 34.4 Å². The van der Waals surface area contributed by atoms with Crippen LogP contribution in [0.3, 0.4) is 0 Å². The molecule has 4 aromatic rings. The average Bonchev–Trinajstić information content (AvgIpc) is 3.21. The fourth-order valence-electron chi connectivity index (χ4n) is 5.13. The Balaban J connectivity index is 0.000000320. The van der Waals surface area contributed by atoms with Crippen molar-refractivity contribution in [2.75, 3.05) is 0 Å². The molecule has 223 valence electrons. The van der Waals surface area contributed by atoms with Crippen molar-refractivity contribution in [2.45, 2.75) is 93.4 Å². The molecule has 0 bridgehead atoms. The van der Waals surface area contributed by atoms with E-state index in [1.807, 2.05) is 34.6 Å². The number of ketones is 1. The number of hydrogen-bond donors (Lipinski definition) is 1. The zero-order chi connectivity index (χ0) is 29.6. The van der Waals surface area contributed by atoms with Gasteiger partial charge in [0.2, 0.25) is 5.71 Å². The number of benzene rings is 2. The second kappa shape index (κ2) is 14.9. The maximum Gasteiger partial charge on any atom is 0.219 e. The molecule has 0 aliphatic carbocycles. The number of furan rings is 1. The van der Waals surface area contributed by atoms with Crippen LogP contribution in [0.15, 0.2) is 58.7 Å². The topological polar surface area (TPSA) is 63.3 Å². The standard InChI is InChI=1S/C23H22NO.C13H24O2.Ir/c1-14-15(2)25-22-18(14)10-11-21(24-22)17-12-16-8-6-7-9-19(16)20(13-17)23(3,4)5;1-5-10(6-2)12(14)9-13(15)11(7-3)8-4;/h6-11,13H,1-5H3;9-11,14H,5-8H2,1-4H3;/q-1;;/b;12-9-;. The number of aliphatic hydroxyl groups excluding tert-OH is 1. The van der Waals surface area contributed by atoms with E-state index in [2.05, 4.69) is 76.2 Å². The summed E-state index contributed by atoms with van der Waals surface area (Å²) in [5.74, 6) is 1.48. The van der Waals surface area contributed by atoms with Crippen LogP contribution in [0.25, 0.3) is 33.1 Å². The van der Waals surface area contributed by atoms with Crippen molar-refractivity contribution >= 4 is 27.7 Å². The minimum Gasteiger partial charge on any atom is -0.512 e. The third kappa shape index (κ3) is 8.17. The molecule has 0 spiro atoms. The van der Waals surface area contributed by atoms with Gasteiger partial charge in [0.05, 0.1) is 5.76 Å². The fourth-order valence-corrected chi connectivity index (χ4v) is 5.13. The molecule has 41 heavy (non-hydrogen) atoms. The van der Waals surface area contributed by atoms with E-state index in [-0.39, 0.29) is 48.9 Å². The van der Waals surface area contributed by atoms with Gasteiger partial charge in [-0.05, 0) is 50.5 Å². The summed E-state index contributed by atoms with van der Waals surface area (Å²) in [7, 11) is 0. The van der Waals surface area contributed by atoms with Crippen LogP contribution in [-0.4, -0.2) is 15.9 Å². The van der Waals surface area contributed by atoms with Crippen LogP contribution in [0, 0.1) is 31.7 Å². The van der Waals surface area contributed by atoms with Crippen LogP contribution in [0.4, 0.5) is 0 Å². The summed E-state index contributed by atoms with van der Waals surface area (Å²) >= 11 is 0. The van der Waals surface area contributed by atoms with Crippen LogP contribution in [0.1, 0.15) is 91.0 Å². The van der Waals surface area contributed by atoms with Crippen molar-refractivity contribution in [1.82, 2.24) is 4.98 Å². The van der Waals surface area contributed by atoms with E-state index in [1.54, 1.807) is 0 Å². The molecule has 2 heterocycles. The number of allylic oxidation sites excluding steroid dienone is 2. The normalized spacial score (nSPS) is 12.0. The summed E-state index contributed by atoms with van der Waals surface area (Å²) in [6.45, 7) is 18.9. The molecule has 4 nitrogen and oxygen atoms in total. The van der Waals surface area contributed by atoms with Crippen LogP contribution in [0.2, 0.25) is 0 Å². The summed E-state index contributed by atoms with van der Waals surface area (Å²) in [5.41, 5.74) is 5.13. The average molecular weight is 733 g/mol. The molecule has 0 atom stereocenters. The third-order valence-electron chi connectivity index (χ3n) is 7.98. The molecular formula is C36H46IrNO3-. The predicted molar refractivity (Wildman–Crippen MR) is 168 cm³/mol. The maximum absolute atomic E-state index is 11.7. The monoisotopic (exact) mass is 733 g/mol. The van der Waals surface area contributed by atoms with Gasteiger partial charge in [0.1, 0.15) is 5.76 Å². The molecule has 0 saturated heterocycles. The molecule has 2 aromatic carbocycles. The number of rotatable bonds is 8. The van der Waals surface area contributed by atoms with E-state index >= 15 is 0 Å². The Kier molecular flexibility index (Phi) is 12.5. The van der Waals surface area contributed by atoms with Gasteiger partial charge in [-0.2, -0.15) is 0 Å². The summed E-state index contributed by atoms with van der Waals surface area (Å²) in [4.78, 5) is 16.5. The Hall–Kier alpha value is -2.75. The van der Waals surface area contributed by atoms with Crippen molar-refractivity contribution in [3.8, 4) is 11.3 Å². The molecule has 4 rings (SSSR count). The molecule has 1 N–H and O–H groups in total. The second-order valence-electron chi connectivity index (χ2n) is 11.7. The number of nitrogens with zero attached hydrogens (tertiary/aromatic N) is 1. The van der Waals surface area contributed by atoms with Crippen LogP contribution in [-0.2, 0) is 30.3 Å². The Morgan fingerprint density at radius 2 is 1.56 bits per heavy atom. The van der Waals surface area contributed by atoms with Gasteiger partial charge in [-0.3, -0.25) is 9.78 Å². The molecule has 0 unspecified atom stereocenters. The molecule has 5 heteroatoms. The van der Waals surface area contributed by atoms with E-state index in [0.29, 0.717) is 5.71 Å². The largest absolute Gasteiger partial charge is 0.512 e. The summed E-state index contributed by atoms with van der Waals surface area (Å²) in [6, 6.07) is 18.4. The van der Waals surface area contributed by atoms with Crippen molar-refractivity contribution in [3.63, 3.8) is 0 Å². The number of aromatic nitrogens is 1. The number of pyridine rings is 1. The van der Waals surface area contributed by atoms with Crippen LogP contribution >= 0.6 is 0 Å². The minimum atomic E-state index is 0. The quantitative estimate of drug-likeness (QED) is 0.111. The molecule has 2 aromatic heterocycles. The second-order valence-corrected chi connectivity index (χ2v) is 11.7. The van der Waals surface area contributed by atoms with E-state index in [0.717, 1.165) is 59.0 Å². The zero-order valence-corrected chi connectivity index (χ0v) is 28.5. The van der Waals surface area contributed by atoms with Gasteiger partial charge >= 0.3 is 0 Å². The van der Waals surface area contributed by atoms with E-state index in [1.165, 1.54) is 17.0 Å². The van der Waals surface area contributed by atoms with Crippen molar-refractivity contribution in [2.24, 2.45) is 11.8 Å². The van der Waals surface area contributed by atoms with Gasteiger partial charge in [-0.1, -0.05) is 89.7 Å². The Morgan fingerprint density at radius 1 is 0.951 bits per heavy atom. The third-order valence-corrected chi connectivity index (χ3v) is 7.98. The Bertz CT molecular complexity index is 1480. The minimum absolute atomic E-state index is 0. The first kappa shape index (κ1) is 34.5. The van der Waals surface area contributed by atoms with Crippen LogP contribution in [0.5, 0.6) is 0 Å². The van der Waals surface area contributed by atoms with Gasteiger partial charge in [0, 0.05) is 49.1 Å². The Morgan fingerprint density at radius 3 is 2.15 bits per heavy atom. The molecular weight excluding hydrogens is 687 g/mol. The number of carbonyl (C=O) groups excluding carboxylic acids is 1. The molecule has 1 radical (unpaired) electrons. The zero-order valence-electron chi connectivity index (χ0n) is 26.1. The SMILES string of the molecule is CCC(CC)C(=O)/C=C(\O)C(CC)CC.Cc1oc2nc(-c3[c-]c4ccccc4c(C(C)(C)C)c3)ccc2c1C.[Ir]. The smallest absolute Gasteiger partial charge is 0.219 e. The van der Waals surface area contributed by atoms with Gasteiger partial charge in [0.25, 0.3) is 0 Å². The first-order valence-corrected chi connectivity index (χ1v) is 14.7. The molecule has 0 aliphatic heterocycles. The van der Waals surface area contributed by atoms with Gasteiger partial charge in [-0.15, -0.1) is 29.1 Å². The Labute approximate surface area is 260 Å².